The summed E-state index contributed by atoms with van der Waals surface area (Å²) in [7, 11) is 0. The van der Waals surface area contributed by atoms with E-state index in [0.29, 0.717) is 0 Å². The van der Waals surface area contributed by atoms with E-state index in [4.69, 9.17) is 10.7 Å². The zero-order valence-corrected chi connectivity index (χ0v) is 6.34. The Balaban J connectivity index is 4.65. The number of hydrogen-bond donors (Lipinski definition) is 1. The van der Waals surface area contributed by atoms with Crippen LogP contribution >= 0.6 is 0 Å². The second-order valence-electron chi connectivity index (χ2n) is 2.18. The average molecular weight is 152 g/mol. The van der Waals surface area contributed by atoms with Crippen molar-refractivity contribution in [3.63, 3.8) is 0 Å². The Morgan fingerprint density at radius 2 is 1.73 bits per heavy atom. The minimum atomic E-state index is -1.15. The molecule has 0 aliphatic carbocycles. The van der Waals surface area contributed by atoms with E-state index in [1.807, 2.05) is 0 Å². The van der Waals surface area contributed by atoms with Crippen LogP contribution in [0.2, 0.25) is 0 Å². The molecule has 0 amide bonds. The Bertz CT molecular complexity index is 236. The van der Waals surface area contributed by atoms with Gasteiger partial charge < -0.3 is 0 Å². The molecule has 0 aliphatic heterocycles. The van der Waals surface area contributed by atoms with E-state index in [1.54, 1.807) is 0 Å². The molecule has 0 fully saturated rings. The molecule has 0 unspecified atom stereocenters. The van der Waals surface area contributed by atoms with E-state index >= 15 is 0 Å². The molecule has 58 valence electrons. The van der Waals surface area contributed by atoms with Crippen LogP contribution in [0.3, 0.4) is 0 Å². The zero-order chi connectivity index (χ0) is 9.02. The summed E-state index contributed by atoms with van der Waals surface area (Å²) in [4.78, 5) is 21.3. The molecule has 11 heavy (non-hydrogen) atoms. The van der Waals surface area contributed by atoms with E-state index in [-0.39, 0.29) is 0 Å². The lowest BCUT2D eigenvalue weighted by molar-refractivity contribution is -0.127. The largest absolute Gasteiger partial charge is 0.299 e. The van der Waals surface area contributed by atoms with Gasteiger partial charge in [0.1, 0.15) is 29.3 Å². The summed E-state index contributed by atoms with van der Waals surface area (Å²) >= 11 is 0. The summed E-state index contributed by atoms with van der Waals surface area (Å²) in [5.41, 5.74) is -0.481. The van der Waals surface area contributed by atoms with Gasteiger partial charge in [0.25, 0.3) is 0 Å². The van der Waals surface area contributed by atoms with Gasteiger partial charge in [0, 0.05) is 0 Å². The van der Waals surface area contributed by atoms with Gasteiger partial charge in [-0.05, 0) is 13.8 Å². The smallest absolute Gasteiger partial charge is 0.147 e. The molecule has 0 saturated carbocycles. The van der Waals surface area contributed by atoms with Crippen LogP contribution in [0.4, 0.5) is 0 Å². The molecule has 0 rings (SSSR count). The molecule has 4 heteroatoms. The number of Topliss-reactive ketones (excluding diaryl/α,β-unsaturated/α-hetero) is 2. The Labute approximate surface area is 64.3 Å². The van der Waals surface area contributed by atoms with Crippen molar-refractivity contribution in [1.82, 2.24) is 0 Å². The van der Waals surface area contributed by atoms with Crippen LogP contribution in [0.5, 0.6) is 0 Å². The molecule has 0 aromatic heterocycles. The predicted molar refractivity (Wildman–Crippen MR) is 38.2 cm³/mol. The fraction of sp³-hybridized carbons (Fsp3) is 0.429. The molecular weight excluding hydrogens is 144 g/mol. The van der Waals surface area contributed by atoms with Gasteiger partial charge in [0.05, 0.1) is 0 Å². The number of hydrogen-bond acceptors (Lipinski definition) is 4. The minimum absolute atomic E-state index is 0.455. The van der Waals surface area contributed by atoms with Crippen LogP contribution in [-0.2, 0) is 9.59 Å². The number of rotatable bonds is 3. The van der Waals surface area contributed by atoms with Crippen molar-refractivity contribution in [3.05, 3.63) is 0 Å². The molecule has 4 nitrogen and oxygen atoms in total. The van der Waals surface area contributed by atoms with Crippen LogP contribution in [-0.4, -0.2) is 17.3 Å². The minimum Gasteiger partial charge on any atom is -0.299 e. The number of carbonyl (C=O) groups is 2. The van der Waals surface area contributed by atoms with E-state index in [2.05, 4.69) is 0 Å². The molecule has 0 saturated heterocycles. The Morgan fingerprint density at radius 3 is 1.82 bits per heavy atom. The maximum atomic E-state index is 10.7. The van der Waals surface area contributed by atoms with Gasteiger partial charge in [-0.1, -0.05) is 0 Å². The van der Waals surface area contributed by atoms with Crippen molar-refractivity contribution in [1.29, 1.82) is 10.7 Å². The van der Waals surface area contributed by atoms with Gasteiger partial charge >= 0.3 is 0 Å². The van der Waals surface area contributed by atoms with E-state index in [9.17, 15) is 9.59 Å². The average Bonchev–Trinajstić information content (AvgIpc) is 1.85. The third-order valence-electron chi connectivity index (χ3n) is 1.22. The molecule has 0 heterocycles. The standard InChI is InChI=1S/C7H8N2O2/c1-4(10)7(5(2)11)6(9)3-8/h7,9H,1-2H3. The molecule has 0 aromatic rings. The molecule has 0 spiro atoms. The van der Waals surface area contributed by atoms with Crippen LogP contribution in [0, 0.1) is 22.7 Å². The second kappa shape index (κ2) is 3.62. The molecular formula is C7H8N2O2. The summed E-state index contributed by atoms with van der Waals surface area (Å²) in [5, 5.41) is 15.2. The highest BCUT2D eigenvalue weighted by Crippen LogP contribution is 2.01. The third kappa shape index (κ3) is 2.30. The number of nitrogens with one attached hydrogen (secondary N) is 1. The van der Waals surface area contributed by atoms with Gasteiger partial charge in [0.2, 0.25) is 0 Å². The topological polar surface area (TPSA) is 81.8 Å². The van der Waals surface area contributed by atoms with Crippen molar-refractivity contribution < 1.29 is 9.59 Å². The number of nitrogens with zero attached hydrogens (tertiary/aromatic N) is 1. The number of carbonyl (C=O) groups excluding carboxylic acids is 2. The molecule has 0 aromatic carbocycles. The maximum absolute atomic E-state index is 10.7. The highest BCUT2D eigenvalue weighted by molar-refractivity contribution is 6.23. The quantitative estimate of drug-likeness (QED) is 0.467. The van der Waals surface area contributed by atoms with Crippen LogP contribution < -0.4 is 0 Å². The first-order valence-electron chi connectivity index (χ1n) is 3.00. The van der Waals surface area contributed by atoms with Gasteiger partial charge in [-0.25, -0.2) is 0 Å². The van der Waals surface area contributed by atoms with E-state index < -0.39 is 23.2 Å². The zero-order valence-electron chi connectivity index (χ0n) is 6.34. The fourth-order valence-electron chi connectivity index (χ4n) is 0.757. The maximum Gasteiger partial charge on any atom is 0.147 e. The lowest BCUT2D eigenvalue weighted by Crippen LogP contribution is -2.26. The highest BCUT2D eigenvalue weighted by atomic mass is 16.1. The van der Waals surface area contributed by atoms with Crippen molar-refractivity contribution in [2.75, 3.05) is 0 Å². The SMILES string of the molecule is CC(=O)C(C(=N)C#N)C(C)=O. The van der Waals surface area contributed by atoms with Crippen LogP contribution in [0.25, 0.3) is 0 Å². The Kier molecular flexibility index (Phi) is 3.12. The van der Waals surface area contributed by atoms with Crippen molar-refractivity contribution in [3.8, 4) is 6.07 Å². The summed E-state index contributed by atoms with van der Waals surface area (Å²) in [6.45, 7) is 2.38. The summed E-state index contributed by atoms with van der Waals surface area (Å²) in [6, 6.07) is 1.47. The van der Waals surface area contributed by atoms with Gasteiger partial charge in [0.15, 0.2) is 0 Å². The predicted octanol–water partition coefficient (Wildman–Crippen LogP) is 0.324. The lowest BCUT2D eigenvalue weighted by atomic mass is 9.96. The third-order valence-corrected chi connectivity index (χ3v) is 1.22. The van der Waals surface area contributed by atoms with Gasteiger partial charge in [-0.15, -0.1) is 0 Å². The Hall–Kier alpha value is -1.50. The van der Waals surface area contributed by atoms with Gasteiger partial charge in [-0.2, -0.15) is 5.26 Å². The van der Waals surface area contributed by atoms with Crippen molar-refractivity contribution in [2.45, 2.75) is 13.8 Å². The second-order valence-corrected chi connectivity index (χ2v) is 2.18. The van der Waals surface area contributed by atoms with Crippen LogP contribution in [0.1, 0.15) is 13.8 Å². The molecule has 1 N–H and O–H groups in total. The normalized spacial score (nSPS) is 8.91. The summed E-state index contributed by atoms with van der Waals surface area (Å²) in [6.07, 6.45) is 0. The lowest BCUT2D eigenvalue weighted by Gasteiger charge is -2.03. The fourth-order valence-corrected chi connectivity index (χ4v) is 0.757. The monoisotopic (exact) mass is 152 g/mol. The highest BCUT2D eigenvalue weighted by Gasteiger charge is 2.24. The molecule has 0 bridgehead atoms. The van der Waals surface area contributed by atoms with Gasteiger partial charge in [-0.3, -0.25) is 15.0 Å². The number of nitriles is 1. The molecule has 0 aliphatic rings. The van der Waals surface area contributed by atoms with E-state index in [1.165, 1.54) is 19.9 Å². The molecule has 0 atom stereocenters. The Morgan fingerprint density at radius 1 is 1.36 bits per heavy atom. The first-order chi connectivity index (χ1) is 5.00. The van der Waals surface area contributed by atoms with Crippen molar-refractivity contribution >= 4 is 17.3 Å². The van der Waals surface area contributed by atoms with Crippen LogP contribution in [0.15, 0.2) is 0 Å². The summed E-state index contributed by atoms with van der Waals surface area (Å²) in [5.74, 6) is -2.06. The number of ketones is 2. The summed E-state index contributed by atoms with van der Waals surface area (Å²) < 4.78 is 0. The first-order valence-corrected chi connectivity index (χ1v) is 3.00. The van der Waals surface area contributed by atoms with Crippen molar-refractivity contribution in [2.24, 2.45) is 5.92 Å². The molecule has 0 radical (unpaired) electrons. The first kappa shape index (κ1) is 9.50. The van der Waals surface area contributed by atoms with E-state index in [0.717, 1.165) is 0 Å².